The Balaban J connectivity index is 1.99. The summed E-state index contributed by atoms with van der Waals surface area (Å²) in [6.07, 6.45) is 0.722. The molecule has 2 unspecified atom stereocenters. The highest BCUT2D eigenvalue weighted by molar-refractivity contribution is 5.74. The lowest BCUT2D eigenvalue weighted by atomic mass is 10.0. The Kier molecular flexibility index (Phi) is 1.58. The monoisotopic (exact) mass is 157 g/mol. The number of hydrogen-bond acceptors (Lipinski definition) is 3. The zero-order chi connectivity index (χ0) is 7.84. The zero-order valence-electron chi connectivity index (χ0n) is 6.12. The van der Waals surface area contributed by atoms with Crippen molar-refractivity contribution in [3.63, 3.8) is 0 Å². The molecule has 4 heteroatoms. The fraction of sp³-hybridized carbons (Fsp3) is 0.857. The molecule has 2 fully saturated rings. The molecule has 2 aliphatic rings. The van der Waals surface area contributed by atoms with Crippen molar-refractivity contribution in [2.24, 2.45) is 5.92 Å². The van der Waals surface area contributed by atoms with Crippen LogP contribution in [-0.2, 0) is 9.53 Å². The normalized spacial score (nSPS) is 42.4. The molecule has 2 saturated heterocycles. The number of rotatable bonds is 1. The predicted octanol–water partition coefficient (Wildman–Crippen LogP) is -0.552. The van der Waals surface area contributed by atoms with Crippen molar-refractivity contribution in [1.82, 2.24) is 5.32 Å². The topological polar surface area (TPSA) is 58.6 Å². The van der Waals surface area contributed by atoms with Crippen LogP contribution in [0.15, 0.2) is 0 Å². The van der Waals surface area contributed by atoms with E-state index in [-0.39, 0.29) is 12.1 Å². The number of carboxylic acids is 1. The fourth-order valence-corrected chi connectivity index (χ4v) is 1.82. The van der Waals surface area contributed by atoms with Crippen LogP contribution in [0.2, 0.25) is 0 Å². The van der Waals surface area contributed by atoms with E-state index in [1.807, 2.05) is 0 Å². The van der Waals surface area contributed by atoms with Crippen molar-refractivity contribution in [1.29, 1.82) is 0 Å². The number of nitrogens with one attached hydrogen (secondary N) is 1. The molecule has 0 aromatic rings. The average molecular weight is 157 g/mol. The van der Waals surface area contributed by atoms with Gasteiger partial charge in [-0.2, -0.15) is 0 Å². The second-order valence-corrected chi connectivity index (χ2v) is 3.20. The summed E-state index contributed by atoms with van der Waals surface area (Å²) in [5, 5.41) is 11.7. The average Bonchev–Trinajstić information content (AvgIpc) is 2.40. The van der Waals surface area contributed by atoms with Crippen LogP contribution in [0.5, 0.6) is 0 Å². The minimum atomic E-state index is -0.737. The van der Waals surface area contributed by atoms with Crippen LogP contribution in [0.25, 0.3) is 0 Å². The van der Waals surface area contributed by atoms with Crippen molar-refractivity contribution in [3.05, 3.63) is 0 Å². The first-order chi connectivity index (χ1) is 5.27. The maximum absolute atomic E-state index is 10.5. The number of carbonyl (C=O) groups is 1. The third-order valence-corrected chi connectivity index (χ3v) is 2.45. The van der Waals surface area contributed by atoms with Gasteiger partial charge in [-0.25, -0.2) is 0 Å². The minimum absolute atomic E-state index is 0.288. The maximum atomic E-state index is 10.5. The van der Waals surface area contributed by atoms with Gasteiger partial charge in [0, 0.05) is 12.0 Å². The molecular formula is C7H11NO3. The van der Waals surface area contributed by atoms with Crippen molar-refractivity contribution < 1.29 is 14.6 Å². The van der Waals surface area contributed by atoms with Gasteiger partial charge in [-0.05, 0) is 6.42 Å². The van der Waals surface area contributed by atoms with Crippen LogP contribution in [0.3, 0.4) is 0 Å². The minimum Gasteiger partial charge on any atom is -0.480 e. The Hall–Kier alpha value is -0.610. The van der Waals surface area contributed by atoms with E-state index in [1.165, 1.54) is 0 Å². The largest absolute Gasteiger partial charge is 0.480 e. The number of hydrogen-bond donors (Lipinski definition) is 2. The van der Waals surface area contributed by atoms with E-state index in [2.05, 4.69) is 5.32 Å². The summed E-state index contributed by atoms with van der Waals surface area (Å²) >= 11 is 0. The fourth-order valence-electron chi connectivity index (χ4n) is 1.82. The van der Waals surface area contributed by atoms with Crippen LogP contribution < -0.4 is 5.32 Å². The summed E-state index contributed by atoms with van der Waals surface area (Å²) in [7, 11) is 0. The summed E-state index contributed by atoms with van der Waals surface area (Å²) < 4.78 is 5.18. The molecule has 62 valence electrons. The van der Waals surface area contributed by atoms with Crippen LogP contribution in [0.1, 0.15) is 6.42 Å². The second-order valence-electron chi connectivity index (χ2n) is 3.20. The quantitative estimate of drug-likeness (QED) is 0.536. The summed E-state index contributed by atoms with van der Waals surface area (Å²) in [4.78, 5) is 10.5. The number of carboxylic acid groups (broad SMARTS) is 1. The number of aliphatic carboxylic acids is 1. The first-order valence-corrected chi connectivity index (χ1v) is 3.84. The molecule has 2 heterocycles. The smallest absolute Gasteiger partial charge is 0.320 e. The van der Waals surface area contributed by atoms with Crippen LogP contribution in [0, 0.1) is 5.92 Å². The van der Waals surface area contributed by atoms with Gasteiger partial charge in [0.05, 0.1) is 13.2 Å². The van der Waals surface area contributed by atoms with Gasteiger partial charge < -0.3 is 9.84 Å². The van der Waals surface area contributed by atoms with Gasteiger partial charge in [0.2, 0.25) is 0 Å². The van der Waals surface area contributed by atoms with Crippen LogP contribution in [0.4, 0.5) is 0 Å². The third-order valence-electron chi connectivity index (χ3n) is 2.45. The molecule has 0 saturated carbocycles. The molecule has 0 bridgehead atoms. The van der Waals surface area contributed by atoms with Gasteiger partial charge in [0.25, 0.3) is 0 Å². The Bertz CT molecular complexity index is 171. The van der Waals surface area contributed by atoms with Crippen molar-refractivity contribution in [3.8, 4) is 0 Å². The third kappa shape index (κ3) is 1.12. The molecule has 0 amide bonds. The van der Waals surface area contributed by atoms with E-state index in [0.29, 0.717) is 12.5 Å². The molecule has 2 aliphatic heterocycles. The lowest BCUT2D eigenvalue weighted by Gasteiger charge is -2.06. The number of fused-ring (bicyclic) bond motifs is 1. The lowest BCUT2D eigenvalue weighted by Crippen LogP contribution is -2.36. The Morgan fingerprint density at radius 3 is 3.00 bits per heavy atom. The van der Waals surface area contributed by atoms with E-state index in [0.717, 1.165) is 13.0 Å². The molecule has 3 atom stereocenters. The summed E-state index contributed by atoms with van der Waals surface area (Å²) in [6.45, 7) is 1.40. The molecule has 0 aromatic carbocycles. The Morgan fingerprint density at radius 1 is 1.55 bits per heavy atom. The standard InChI is InChI=1S/C7H11NO3/c9-7(10)5-1-4-2-11-3-6(4)8-5/h4-6,8H,1-3H2,(H,9,10)/t4?,5-,6?/m0/s1. The first kappa shape index (κ1) is 7.06. The Morgan fingerprint density at radius 2 is 2.36 bits per heavy atom. The van der Waals surface area contributed by atoms with E-state index in [4.69, 9.17) is 9.84 Å². The molecule has 0 spiro atoms. The lowest BCUT2D eigenvalue weighted by molar-refractivity contribution is -0.139. The van der Waals surface area contributed by atoms with Crippen LogP contribution in [-0.4, -0.2) is 36.4 Å². The summed E-state index contributed by atoms with van der Waals surface area (Å²) in [5.41, 5.74) is 0. The molecule has 2 rings (SSSR count). The van der Waals surface area contributed by atoms with E-state index in [1.54, 1.807) is 0 Å². The first-order valence-electron chi connectivity index (χ1n) is 3.84. The van der Waals surface area contributed by atoms with Crippen molar-refractivity contribution in [2.45, 2.75) is 18.5 Å². The maximum Gasteiger partial charge on any atom is 0.320 e. The van der Waals surface area contributed by atoms with Gasteiger partial charge in [-0.1, -0.05) is 0 Å². The predicted molar refractivity (Wildman–Crippen MR) is 37.3 cm³/mol. The molecule has 2 N–H and O–H groups in total. The highest BCUT2D eigenvalue weighted by Crippen LogP contribution is 2.25. The van der Waals surface area contributed by atoms with Gasteiger partial charge in [-0.3, -0.25) is 10.1 Å². The van der Waals surface area contributed by atoms with Crippen molar-refractivity contribution >= 4 is 5.97 Å². The van der Waals surface area contributed by atoms with Gasteiger partial charge in [-0.15, -0.1) is 0 Å². The molecule has 11 heavy (non-hydrogen) atoms. The number of ether oxygens (including phenoxy) is 1. The molecule has 0 aromatic heterocycles. The van der Waals surface area contributed by atoms with Gasteiger partial charge >= 0.3 is 5.97 Å². The highest BCUT2D eigenvalue weighted by Gasteiger charge is 2.40. The zero-order valence-corrected chi connectivity index (χ0v) is 6.12. The van der Waals surface area contributed by atoms with Crippen molar-refractivity contribution in [2.75, 3.05) is 13.2 Å². The van der Waals surface area contributed by atoms with Gasteiger partial charge in [0.15, 0.2) is 0 Å². The second kappa shape index (κ2) is 2.46. The molecule has 0 radical (unpaired) electrons. The Labute approximate surface area is 64.5 Å². The van der Waals surface area contributed by atoms with E-state index < -0.39 is 5.97 Å². The molecular weight excluding hydrogens is 146 g/mol. The van der Waals surface area contributed by atoms with Crippen LogP contribution >= 0.6 is 0 Å². The summed E-state index contributed by atoms with van der Waals surface area (Å²) in [5.74, 6) is -0.310. The van der Waals surface area contributed by atoms with E-state index in [9.17, 15) is 4.79 Å². The molecule has 4 nitrogen and oxygen atoms in total. The highest BCUT2D eigenvalue weighted by atomic mass is 16.5. The summed E-state index contributed by atoms with van der Waals surface area (Å²) in [6, 6.07) is -0.0509. The molecule has 0 aliphatic carbocycles. The SMILES string of the molecule is O=C(O)[C@@H]1CC2COCC2N1. The van der Waals surface area contributed by atoms with Gasteiger partial charge in [0.1, 0.15) is 6.04 Å². The van der Waals surface area contributed by atoms with E-state index >= 15 is 0 Å².